The zero-order valence-corrected chi connectivity index (χ0v) is 22.0. The molecule has 0 radical (unpaired) electrons. The van der Waals surface area contributed by atoms with Crippen molar-refractivity contribution >= 4 is 57.0 Å². The lowest BCUT2D eigenvalue weighted by Crippen LogP contribution is -2.30. The zero-order valence-electron chi connectivity index (χ0n) is 19.6. The highest BCUT2D eigenvalue weighted by atomic mass is 79.9. The predicted molar refractivity (Wildman–Crippen MR) is 135 cm³/mol. The molecular weight excluding hydrogens is 558 g/mol. The second-order valence-corrected chi connectivity index (χ2v) is 8.58. The normalized spacial score (nSPS) is 10.6. The minimum absolute atomic E-state index is 0.0218. The van der Waals surface area contributed by atoms with Gasteiger partial charge in [-0.25, -0.2) is 9.78 Å². The Labute approximate surface area is 220 Å². The third kappa shape index (κ3) is 6.99. The molecule has 190 valence electrons. The Morgan fingerprint density at radius 2 is 1.97 bits per heavy atom. The fourth-order valence-electron chi connectivity index (χ4n) is 2.92. The number of nitrogens with one attached hydrogen (secondary N) is 2. The molecule has 0 atom stereocenters. The topological polar surface area (TPSA) is 141 Å². The maximum absolute atomic E-state index is 12.6. The van der Waals surface area contributed by atoms with Gasteiger partial charge in [0, 0.05) is 18.8 Å². The number of amides is 2. The number of nitrogens with zero attached hydrogens (tertiary/aromatic N) is 5. The van der Waals surface area contributed by atoms with E-state index in [1.54, 1.807) is 31.3 Å². The standard InChI is InChI=1S/C22H23BrClN7O5/c1-13-6-7-16(15(24)9-13)27-21(33)18-19(23)29-31(28-18)12-36-22(34)30(3)20-14(5-4-8-26-20)11-35-17(32)10-25-2/h4-9,25H,10-12H2,1-3H3,(H,27,33). The summed E-state index contributed by atoms with van der Waals surface area (Å²) in [6.07, 6.45) is 0.734. The molecule has 0 unspecified atom stereocenters. The number of pyridine rings is 1. The van der Waals surface area contributed by atoms with Crippen molar-refractivity contribution in [3.8, 4) is 0 Å². The lowest BCUT2D eigenvalue weighted by molar-refractivity contribution is -0.143. The molecule has 3 aromatic rings. The van der Waals surface area contributed by atoms with E-state index in [1.807, 2.05) is 13.0 Å². The summed E-state index contributed by atoms with van der Waals surface area (Å²) >= 11 is 9.36. The third-order valence-corrected chi connectivity index (χ3v) is 5.52. The number of carbonyl (C=O) groups excluding carboxylic acids is 3. The number of carbonyl (C=O) groups is 3. The first-order valence-corrected chi connectivity index (χ1v) is 11.7. The van der Waals surface area contributed by atoms with Gasteiger partial charge in [-0.3, -0.25) is 14.5 Å². The maximum Gasteiger partial charge on any atom is 0.417 e. The molecule has 2 amide bonds. The summed E-state index contributed by atoms with van der Waals surface area (Å²) in [5, 5.41) is 13.9. The number of hydrogen-bond donors (Lipinski definition) is 2. The van der Waals surface area contributed by atoms with Crippen molar-refractivity contribution in [1.82, 2.24) is 25.3 Å². The van der Waals surface area contributed by atoms with E-state index in [4.69, 9.17) is 21.1 Å². The largest absolute Gasteiger partial charge is 0.460 e. The van der Waals surface area contributed by atoms with Crippen LogP contribution in [0.3, 0.4) is 0 Å². The number of ether oxygens (including phenoxy) is 2. The van der Waals surface area contributed by atoms with E-state index in [0.717, 1.165) is 15.3 Å². The minimum Gasteiger partial charge on any atom is -0.460 e. The van der Waals surface area contributed by atoms with Gasteiger partial charge in [-0.2, -0.15) is 0 Å². The van der Waals surface area contributed by atoms with Crippen molar-refractivity contribution in [2.24, 2.45) is 0 Å². The van der Waals surface area contributed by atoms with E-state index in [2.05, 4.69) is 41.7 Å². The summed E-state index contributed by atoms with van der Waals surface area (Å²) in [5.41, 5.74) is 1.86. The Hall–Kier alpha value is -3.55. The second-order valence-electron chi connectivity index (χ2n) is 7.42. The molecule has 0 fully saturated rings. The van der Waals surface area contributed by atoms with Crippen LogP contribution < -0.4 is 15.5 Å². The summed E-state index contributed by atoms with van der Waals surface area (Å²) in [6.45, 7) is 1.49. The highest BCUT2D eigenvalue weighted by molar-refractivity contribution is 9.10. The van der Waals surface area contributed by atoms with Crippen LogP contribution in [0.5, 0.6) is 0 Å². The van der Waals surface area contributed by atoms with Gasteiger partial charge in [0.15, 0.2) is 10.3 Å². The van der Waals surface area contributed by atoms with Crippen molar-refractivity contribution in [3.63, 3.8) is 0 Å². The first-order valence-electron chi connectivity index (χ1n) is 10.5. The molecule has 0 spiro atoms. The SMILES string of the molecule is CNCC(=O)OCc1cccnc1N(C)C(=O)OCn1nc(Br)c(C(=O)Nc2ccc(C)cc2Cl)n1. The van der Waals surface area contributed by atoms with Gasteiger partial charge >= 0.3 is 12.1 Å². The molecule has 0 saturated carbocycles. The van der Waals surface area contributed by atoms with Gasteiger partial charge in [-0.05, 0) is 53.7 Å². The third-order valence-electron chi connectivity index (χ3n) is 4.67. The van der Waals surface area contributed by atoms with Gasteiger partial charge in [0.25, 0.3) is 5.91 Å². The van der Waals surface area contributed by atoms with Crippen molar-refractivity contribution in [2.75, 3.05) is 30.9 Å². The van der Waals surface area contributed by atoms with E-state index in [-0.39, 0.29) is 36.0 Å². The first-order chi connectivity index (χ1) is 17.2. The van der Waals surface area contributed by atoms with Crippen molar-refractivity contribution < 1.29 is 23.9 Å². The highest BCUT2D eigenvalue weighted by Crippen LogP contribution is 2.24. The molecule has 2 N–H and O–H groups in total. The summed E-state index contributed by atoms with van der Waals surface area (Å²) in [7, 11) is 3.09. The summed E-state index contributed by atoms with van der Waals surface area (Å²) in [4.78, 5) is 43.3. The van der Waals surface area contributed by atoms with E-state index < -0.39 is 18.0 Å². The number of esters is 1. The number of hydrogen-bond acceptors (Lipinski definition) is 9. The molecule has 2 heterocycles. The van der Waals surface area contributed by atoms with Crippen molar-refractivity contribution in [2.45, 2.75) is 20.3 Å². The van der Waals surface area contributed by atoms with E-state index in [0.29, 0.717) is 16.3 Å². The predicted octanol–water partition coefficient (Wildman–Crippen LogP) is 3.14. The zero-order chi connectivity index (χ0) is 26.2. The van der Waals surface area contributed by atoms with Crippen LogP contribution in [0.2, 0.25) is 5.02 Å². The molecule has 0 saturated heterocycles. The van der Waals surface area contributed by atoms with Crippen LogP contribution in [0.4, 0.5) is 16.3 Å². The van der Waals surface area contributed by atoms with Crippen molar-refractivity contribution in [1.29, 1.82) is 0 Å². The van der Waals surface area contributed by atoms with Crippen LogP contribution in [-0.4, -0.2) is 58.6 Å². The maximum atomic E-state index is 12.6. The summed E-state index contributed by atoms with van der Waals surface area (Å²) < 4.78 is 10.6. The Kier molecular flexibility index (Phi) is 9.33. The quantitative estimate of drug-likeness (QED) is 0.365. The Morgan fingerprint density at radius 3 is 2.69 bits per heavy atom. The van der Waals surface area contributed by atoms with Crippen molar-refractivity contribution in [3.05, 3.63) is 63.0 Å². The van der Waals surface area contributed by atoms with E-state index in [9.17, 15) is 14.4 Å². The molecule has 3 rings (SSSR count). The molecule has 12 nitrogen and oxygen atoms in total. The van der Waals surface area contributed by atoms with Crippen LogP contribution in [0, 0.1) is 6.92 Å². The van der Waals surface area contributed by atoms with Gasteiger partial charge < -0.3 is 20.1 Å². The van der Waals surface area contributed by atoms with E-state index in [1.165, 1.54) is 13.2 Å². The highest BCUT2D eigenvalue weighted by Gasteiger charge is 2.21. The fourth-order valence-corrected chi connectivity index (χ4v) is 3.65. The van der Waals surface area contributed by atoms with Crippen LogP contribution >= 0.6 is 27.5 Å². The Balaban J connectivity index is 1.62. The molecule has 1 aromatic carbocycles. The van der Waals surface area contributed by atoms with Gasteiger partial charge in [0.1, 0.15) is 12.4 Å². The number of aryl methyl sites for hydroxylation is 1. The van der Waals surface area contributed by atoms with E-state index >= 15 is 0 Å². The Bertz CT molecular complexity index is 1270. The Morgan fingerprint density at radius 1 is 1.19 bits per heavy atom. The number of halogens is 2. The van der Waals surface area contributed by atoms with Gasteiger partial charge in [0.2, 0.25) is 6.73 Å². The molecule has 14 heteroatoms. The minimum atomic E-state index is -0.762. The monoisotopic (exact) mass is 579 g/mol. The van der Waals surface area contributed by atoms with Gasteiger partial charge in [-0.15, -0.1) is 15.0 Å². The lowest BCUT2D eigenvalue weighted by Gasteiger charge is -2.18. The van der Waals surface area contributed by atoms with Gasteiger partial charge in [0.05, 0.1) is 17.3 Å². The number of benzene rings is 1. The number of likely N-dealkylation sites (N-methyl/N-ethyl adjacent to an activating group) is 1. The smallest absolute Gasteiger partial charge is 0.417 e. The second kappa shape index (κ2) is 12.4. The average molecular weight is 581 g/mol. The first kappa shape index (κ1) is 27.0. The average Bonchev–Trinajstić information content (AvgIpc) is 3.23. The van der Waals surface area contributed by atoms with Gasteiger partial charge in [-0.1, -0.05) is 23.7 Å². The molecule has 0 aliphatic rings. The summed E-state index contributed by atoms with van der Waals surface area (Å²) in [5.74, 6) is -0.741. The van der Waals surface area contributed by atoms with Crippen LogP contribution in [0.1, 0.15) is 21.6 Å². The van der Waals surface area contributed by atoms with Crippen LogP contribution in [0.25, 0.3) is 0 Å². The number of aromatic nitrogens is 4. The summed E-state index contributed by atoms with van der Waals surface area (Å²) in [6, 6.07) is 8.54. The molecule has 0 aliphatic carbocycles. The lowest BCUT2D eigenvalue weighted by atomic mass is 10.2. The van der Waals surface area contributed by atoms with Crippen LogP contribution in [0.15, 0.2) is 41.1 Å². The molecule has 0 aliphatic heterocycles. The molecular formula is C22H23BrClN7O5. The molecule has 0 bridgehead atoms. The number of rotatable bonds is 9. The van der Waals surface area contributed by atoms with Crippen LogP contribution in [-0.2, 0) is 27.6 Å². The molecule has 2 aromatic heterocycles. The number of anilines is 2. The molecule has 36 heavy (non-hydrogen) atoms. The fraction of sp³-hybridized carbons (Fsp3) is 0.273.